The maximum atomic E-state index is 12.5. The van der Waals surface area contributed by atoms with Crippen molar-refractivity contribution in [2.75, 3.05) is 5.32 Å². The van der Waals surface area contributed by atoms with Crippen LogP contribution in [-0.4, -0.2) is 36.3 Å². The van der Waals surface area contributed by atoms with Gasteiger partial charge in [-0.1, -0.05) is 23.9 Å². The summed E-state index contributed by atoms with van der Waals surface area (Å²) in [6.07, 6.45) is 0. The molecule has 2 aromatic carbocycles. The van der Waals surface area contributed by atoms with E-state index in [0.717, 1.165) is 16.8 Å². The summed E-state index contributed by atoms with van der Waals surface area (Å²) in [5.74, 6) is -0.305. The second-order valence-electron chi connectivity index (χ2n) is 6.20. The Morgan fingerprint density at radius 2 is 2.00 bits per heavy atom. The van der Waals surface area contributed by atoms with Crippen molar-refractivity contribution in [1.29, 1.82) is 0 Å². The first-order valence-electron chi connectivity index (χ1n) is 8.43. The van der Waals surface area contributed by atoms with Gasteiger partial charge in [-0.05, 0) is 60.5 Å². The van der Waals surface area contributed by atoms with Gasteiger partial charge in [-0.2, -0.15) is 4.68 Å². The van der Waals surface area contributed by atoms with E-state index in [1.807, 2.05) is 32.0 Å². The zero-order chi connectivity index (χ0) is 20.3. The number of anilines is 1. The van der Waals surface area contributed by atoms with Crippen LogP contribution in [0.25, 0.3) is 5.69 Å². The second kappa shape index (κ2) is 8.17. The molecule has 28 heavy (non-hydrogen) atoms. The number of aryl methyl sites for hydroxylation is 2. The Bertz CT molecular complexity index is 1040. The third-order valence-corrected chi connectivity index (χ3v) is 5.18. The highest BCUT2D eigenvalue weighted by Crippen LogP contribution is 2.25. The van der Waals surface area contributed by atoms with E-state index in [4.69, 9.17) is 0 Å². The maximum absolute atomic E-state index is 12.5. The Morgan fingerprint density at radius 3 is 2.71 bits per heavy atom. The number of nitrogens with one attached hydrogen (secondary N) is 1. The van der Waals surface area contributed by atoms with Gasteiger partial charge in [0.2, 0.25) is 11.1 Å². The third-order valence-electron chi connectivity index (χ3n) is 4.15. The maximum Gasteiger partial charge on any atom is 0.271 e. The third kappa shape index (κ3) is 4.34. The van der Waals surface area contributed by atoms with Gasteiger partial charge in [0, 0.05) is 17.8 Å². The molecular formula is C18H18N6O3S. The van der Waals surface area contributed by atoms with Gasteiger partial charge in [-0.15, -0.1) is 5.10 Å². The molecule has 0 spiro atoms. The van der Waals surface area contributed by atoms with Gasteiger partial charge in [0.25, 0.3) is 5.69 Å². The normalized spacial score (nSPS) is 11.8. The fourth-order valence-electron chi connectivity index (χ4n) is 2.42. The van der Waals surface area contributed by atoms with E-state index in [0.29, 0.717) is 10.8 Å². The number of nitro benzene ring substituents is 1. The fourth-order valence-corrected chi connectivity index (χ4v) is 3.23. The summed E-state index contributed by atoms with van der Waals surface area (Å²) in [5, 5.41) is 25.2. The average molecular weight is 398 g/mol. The Hall–Kier alpha value is -3.27. The van der Waals surface area contributed by atoms with Crippen LogP contribution in [0.4, 0.5) is 11.4 Å². The number of thioether (sulfide) groups is 1. The molecule has 0 saturated heterocycles. The lowest BCUT2D eigenvalue weighted by atomic mass is 10.1. The lowest BCUT2D eigenvalue weighted by molar-refractivity contribution is -0.384. The molecule has 1 N–H and O–H groups in total. The molecule has 0 radical (unpaired) electrons. The summed E-state index contributed by atoms with van der Waals surface area (Å²) in [6.45, 7) is 5.75. The van der Waals surface area contributed by atoms with Crippen molar-refractivity contribution in [2.45, 2.75) is 31.2 Å². The molecule has 0 aliphatic carbocycles. The number of amides is 1. The van der Waals surface area contributed by atoms with Crippen LogP contribution in [0.3, 0.4) is 0 Å². The number of non-ortho nitro benzene ring substituents is 1. The van der Waals surface area contributed by atoms with Crippen LogP contribution in [0.5, 0.6) is 0 Å². The monoisotopic (exact) mass is 398 g/mol. The van der Waals surface area contributed by atoms with Crippen LogP contribution in [0.15, 0.2) is 47.6 Å². The minimum atomic E-state index is -0.518. The minimum absolute atomic E-state index is 0.0863. The molecule has 1 amide bonds. The van der Waals surface area contributed by atoms with Crippen LogP contribution in [0, 0.1) is 24.0 Å². The van der Waals surface area contributed by atoms with E-state index in [9.17, 15) is 14.9 Å². The first-order valence-corrected chi connectivity index (χ1v) is 9.31. The number of carbonyl (C=O) groups is 1. The molecule has 1 unspecified atom stereocenters. The van der Waals surface area contributed by atoms with E-state index >= 15 is 0 Å². The number of aromatic nitrogens is 4. The van der Waals surface area contributed by atoms with E-state index in [2.05, 4.69) is 20.8 Å². The molecule has 0 aliphatic rings. The first-order chi connectivity index (χ1) is 13.3. The van der Waals surface area contributed by atoms with E-state index in [1.165, 1.54) is 30.0 Å². The predicted molar refractivity (Wildman–Crippen MR) is 106 cm³/mol. The molecule has 3 rings (SSSR count). The summed E-state index contributed by atoms with van der Waals surface area (Å²) in [4.78, 5) is 22.8. The van der Waals surface area contributed by atoms with Crippen LogP contribution >= 0.6 is 11.8 Å². The molecule has 1 atom stereocenters. The summed E-state index contributed by atoms with van der Waals surface area (Å²) in [7, 11) is 0. The van der Waals surface area contributed by atoms with Gasteiger partial charge < -0.3 is 5.32 Å². The van der Waals surface area contributed by atoms with Gasteiger partial charge in [0.15, 0.2) is 0 Å². The molecule has 3 aromatic rings. The molecule has 144 valence electrons. The van der Waals surface area contributed by atoms with Crippen molar-refractivity contribution in [2.24, 2.45) is 0 Å². The van der Waals surface area contributed by atoms with Crippen molar-refractivity contribution in [3.05, 3.63) is 63.7 Å². The summed E-state index contributed by atoms with van der Waals surface area (Å²) in [5.41, 5.74) is 3.36. The highest BCUT2D eigenvalue weighted by Gasteiger charge is 2.20. The molecule has 0 bridgehead atoms. The van der Waals surface area contributed by atoms with Crippen LogP contribution in [0.1, 0.15) is 18.1 Å². The predicted octanol–water partition coefficient (Wildman–Crippen LogP) is 3.31. The SMILES string of the molecule is Cc1ccc(-n2nnnc2SC(C)C(=O)Nc2cccc([N+](=O)[O-])c2)cc1C. The van der Waals surface area contributed by atoms with E-state index < -0.39 is 10.2 Å². The molecule has 0 aliphatic heterocycles. The van der Waals surface area contributed by atoms with Gasteiger partial charge >= 0.3 is 0 Å². The Labute approximate surface area is 165 Å². The minimum Gasteiger partial charge on any atom is -0.325 e. The number of benzene rings is 2. The van der Waals surface area contributed by atoms with Gasteiger partial charge in [-0.3, -0.25) is 14.9 Å². The van der Waals surface area contributed by atoms with E-state index in [-0.39, 0.29) is 11.6 Å². The van der Waals surface area contributed by atoms with Gasteiger partial charge in [0.1, 0.15) is 0 Å². The van der Waals surface area contributed by atoms with Crippen molar-refractivity contribution in [3.63, 3.8) is 0 Å². The number of rotatable bonds is 6. The molecule has 0 fully saturated rings. The molecule has 9 nitrogen and oxygen atoms in total. The highest BCUT2D eigenvalue weighted by molar-refractivity contribution is 8.00. The molecule has 0 saturated carbocycles. The zero-order valence-electron chi connectivity index (χ0n) is 15.5. The fraction of sp³-hybridized carbons (Fsp3) is 0.222. The quantitative estimate of drug-likeness (QED) is 0.385. The Balaban J connectivity index is 1.73. The summed E-state index contributed by atoms with van der Waals surface area (Å²) < 4.78 is 1.58. The number of nitrogens with zero attached hydrogens (tertiary/aromatic N) is 5. The Kier molecular flexibility index (Phi) is 5.69. The number of hydrogen-bond donors (Lipinski definition) is 1. The van der Waals surface area contributed by atoms with Crippen LogP contribution in [0.2, 0.25) is 0 Å². The number of carbonyl (C=O) groups excluding carboxylic acids is 1. The largest absolute Gasteiger partial charge is 0.325 e. The molecule has 10 heteroatoms. The first kappa shape index (κ1) is 19.5. The number of tetrazole rings is 1. The molecule has 1 heterocycles. The molecular weight excluding hydrogens is 380 g/mol. The van der Waals surface area contributed by atoms with Gasteiger partial charge in [-0.25, -0.2) is 0 Å². The van der Waals surface area contributed by atoms with Crippen molar-refractivity contribution in [3.8, 4) is 5.69 Å². The second-order valence-corrected chi connectivity index (χ2v) is 7.51. The summed E-state index contributed by atoms with van der Waals surface area (Å²) >= 11 is 1.20. The lowest BCUT2D eigenvalue weighted by Gasteiger charge is -2.12. The number of hydrogen-bond acceptors (Lipinski definition) is 7. The van der Waals surface area contributed by atoms with Crippen molar-refractivity contribution < 1.29 is 9.72 Å². The van der Waals surface area contributed by atoms with Gasteiger partial charge in [0.05, 0.1) is 15.9 Å². The zero-order valence-corrected chi connectivity index (χ0v) is 16.3. The standard InChI is InChI=1S/C18H18N6O3S/c1-11-7-8-15(9-12(11)2)23-18(20-21-22-23)28-13(3)17(25)19-14-5-4-6-16(10-14)24(26)27/h4-10,13H,1-3H3,(H,19,25). The average Bonchev–Trinajstić information content (AvgIpc) is 3.12. The van der Waals surface area contributed by atoms with Crippen LogP contribution < -0.4 is 5.32 Å². The van der Waals surface area contributed by atoms with E-state index in [1.54, 1.807) is 17.7 Å². The topological polar surface area (TPSA) is 116 Å². The lowest BCUT2D eigenvalue weighted by Crippen LogP contribution is -2.23. The smallest absolute Gasteiger partial charge is 0.271 e. The van der Waals surface area contributed by atoms with Crippen LogP contribution in [-0.2, 0) is 4.79 Å². The van der Waals surface area contributed by atoms with Crippen molar-refractivity contribution >= 4 is 29.0 Å². The highest BCUT2D eigenvalue weighted by atomic mass is 32.2. The molecule has 1 aromatic heterocycles. The van der Waals surface area contributed by atoms with Crippen molar-refractivity contribution in [1.82, 2.24) is 20.2 Å². The Morgan fingerprint density at radius 1 is 1.21 bits per heavy atom. The number of nitro groups is 1. The summed E-state index contributed by atoms with van der Waals surface area (Å²) in [6, 6.07) is 11.7.